The lowest BCUT2D eigenvalue weighted by Crippen LogP contribution is -2.46. The van der Waals surface area contributed by atoms with Crippen molar-refractivity contribution in [1.29, 1.82) is 0 Å². The van der Waals surface area contributed by atoms with E-state index in [9.17, 15) is 14.0 Å². The Labute approximate surface area is 195 Å². The van der Waals surface area contributed by atoms with Crippen molar-refractivity contribution in [2.24, 2.45) is 11.8 Å². The topological polar surface area (TPSA) is 49.9 Å². The lowest BCUT2D eigenvalue weighted by atomic mass is 9.88. The summed E-state index contributed by atoms with van der Waals surface area (Å²) >= 11 is 0. The molecule has 0 radical (unpaired) electrons. The van der Waals surface area contributed by atoms with E-state index in [1.807, 2.05) is 9.80 Å². The number of likely N-dealkylation sites (tertiary alicyclic amines) is 2. The minimum atomic E-state index is -0.297. The van der Waals surface area contributed by atoms with Gasteiger partial charge in [0.2, 0.25) is 11.8 Å². The van der Waals surface area contributed by atoms with Crippen LogP contribution < -0.4 is 4.74 Å². The van der Waals surface area contributed by atoms with Gasteiger partial charge in [-0.25, -0.2) is 4.39 Å². The standard InChI is InChI=1S/C27H33FN2O3/c1-20(31)29-15-11-24(12-16-29)27(32)30-13-9-22(10-14-30)17-21-5-7-23(8-6-21)19-33-26-4-2-3-25(28)18-26/h2-8,18,22,24H,9-17,19H2,1H3. The van der Waals surface area contributed by atoms with Crippen LogP contribution in [0, 0.1) is 17.7 Å². The van der Waals surface area contributed by atoms with Gasteiger partial charge < -0.3 is 14.5 Å². The normalized spacial score (nSPS) is 17.8. The van der Waals surface area contributed by atoms with Gasteiger partial charge in [-0.05, 0) is 61.3 Å². The van der Waals surface area contributed by atoms with E-state index in [2.05, 4.69) is 24.3 Å². The van der Waals surface area contributed by atoms with Crippen molar-refractivity contribution in [2.75, 3.05) is 26.2 Å². The van der Waals surface area contributed by atoms with E-state index in [0.29, 0.717) is 31.4 Å². The van der Waals surface area contributed by atoms with Crippen molar-refractivity contribution in [1.82, 2.24) is 9.80 Å². The van der Waals surface area contributed by atoms with Gasteiger partial charge in [-0.15, -0.1) is 0 Å². The van der Waals surface area contributed by atoms with Gasteiger partial charge in [-0.1, -0.05) is 30.3 Å². The first kappa shape index (κ1) is 23.3. The number of benzene rings is 2. The molecule has 0 bridgehead atoms. The molecule has 2 saturated heterocycles. The zero-order chi connectivity index (χ0) is 23.2. The van der Waals surface area contributed by atoms with Gasteiger partial charge in [0.15, 0.2) is 0 Å². The minimum Gasteiger partial charge on any atom is -0.489 e. The molecule has 176 valence electrons. The highest BCUT2D eigenvalue weighted by Gasteiger charge is 2.31. The predicted octanol–water partition coefficient (Wildman–Crippen LogP) is 4.44. The number of ether oxygens (including phenoxy) is 1. The number of nitrogens with zero attached hydrogens (tertiary/aromatic N) is 2. The molecular formula is C27H33FN2O3. The first-order valence-corrected chi connectivity index (χ1v) is 12.0. The van der Waals surface area contributed by atoms with Gasteiger partial charge in [0, 0.05) is 45.1 Å². The van der Waals surface area contributed by atoms with Gasteiger partial charge in [0.25, 0.3) is 0 Å². The Morgan fingerprint density at radius 1 is 0.909 bits per heavy atom. The quantitative estimate of drug-likeness (QED) is 0.651. The van der Waals surface area contributed by atoms with Crippen LogP contribution in [0.1, 0.15) is 43.7 Å². The van der Waals surface area contributed by atoms with Crippen molar-refractivity contribution in [2.45, 2.75) is 45.6 Å². The highest BCUT2D eigenvalue weighted by molar-refractivity contribution is 5.79. The summed E-state index contributed by atoms with van der Waals surface area (Å²) in [7, 11) is 0. The molecule has 0 aliphatic carbocycles. The first-order valence-electron chi connectivity index (χ1n) is 12.0. The summed E-state index contributed by atoms with van der Waals surface area (Å²) < 4.78 is 18.9. The maximum atomic E-state index is 13.3. The molecule has 2 fully saturated rings. The smallest absolute Gasteiger partial charge is 0.225 e. The summed E-state index contributed by atoms with van der Waals surface area (Å²) in [5, 5.41) is 0. The highest BCUT2D eigenvalue weighted by Crippen LogP contribution is 2.26. The highest BCUT2D eigenvalue weighted by atomic mass is 19.1. The van der Waals surface area contributed by atoms with E-state index in [4.69, 9.17) is 4.74 Å². The molecule has 0 atom stereocenters. The Hall–Kier alpha value is -2.89. The van der Waals surface area contributed by atoms with E-state index in [1.165, 1.54) is 17.7 Å². The van der Waals surface area contributed by atoms with Crippen LogP contribution in [-0.4, -0.2) is 47.8 Å². The molecule has 4 rings (SSSR count). The molecule has 0 aromatic heterocycles. The molecule has 2 aliphatic rings. The number of rotatable bonds is 6. The van der Waals surface area contributed by atoms with Gasteiger partial charge in [-0.2, -0.15) is 0 Å². The molecule has 2 aromatic rings. The van der Waals surface area contributed by atoms with Crippen LogP contribution in [0.25, 0.3) is 0 Å². The van der Waals surface area contributed by atoms with E-state index >= 15 is 0 Å². The third kappa shape index (κ3) is 6.34. The van der Waals surface area contributed by atoms with Gasteiger partial charge >= 0.3 is 0 Å². The number of carbonyl (C=O) groups is 2. The maximum absolute atomic E-state index is 13.3. The fraction of sp³-hybridized carbons (Fsp3) is 0.481. The molecular weight excluding hydrogens is 419 g/mol. The fourth-order valence-electron chi connectivity index (χ4n) is 4.89. The average molecular weight is 453 g/mol. The van der Waals surface area contributed by atoms with Crippen LogP contribution >= 0.6 is 0 Å². The molecule has 2 aliphatic heterocycles. The Kier molecular flexibility index (Phi) is 7.63. The second-order valence-electron chi connectivity index (χ2n) is 9.32. The largest absolute Gasteiger partial charge is 0.489 e. The van der Waals surface area contributed by atoms with E-state index in [0.717, 1.165) is 50.8 Å². The number of piperidine rings is 2. The van der Waals surface area contributed by atoms with Crippen molar-refractivity contribution < 1.29 is 18.7 Å². The van der Waals surface area contributed by atoms with Crippen LogP contribution in [0.5, 0.6) is 5.75 Å². The lowest BCUT2D eigenvalue weighted by molar-refractivity contribution is -0.141. The third-order valence-electron chi connectivity index (χ3n) is 6.96. The molecule has 6 heteroatoms. The summed E-state index contributed by atoms with van der Waals surface area (Å²) in [6.45, 7) is 5.07. The zero-order valence-corrected chi connectivity index (χ0v) is 19.3. The number of halogens is 1. The van der Waals surface area contributed by atoms with Gasteiger partial charge in [-0.3, -0.25) is 9.59 Å². The summed E-state index contributed by atoms with van der Waals surface area (Å²) in [4.78, 5) is 28.3. The SMILES string of the molecule is CC(=O)N1CCC(C(=O)N2CCC(Cc3ccc(COc4cccc(F)c4)cc3)CC2)CC1. The molecule has 5 nitrogen and oxygen atoms in total. The van der Waals surface area contributed by atoms with Crippen molar-refractivity contribution in [3.05, 3.63) is 65.5 Å². The molecule has 0 N–H and O–H groups in total. The molecule has 2 amide bonds. The van der Waals surface area contributed by atoms with Crippen molar-refractivity contribution >= 4 is 11.8 Å². The summed E-state index contributed by atoms with van der Waals surface area (Å²) in [6, 6.07) is 14.6. The summed E-state index contributed by atoms with van der Waals surface area (Å²) in [5.41, 5.74) is 2.35. The zero-order valence-electron chi connectivity index (χ0n) is 19.3. The molecule has 0 saturated carbocycles. The lowest BCUT2D eigenvalue weighted by Gasteiger charge is -2.37. The Balaban J connectivity index is 1.20. The molecule has 0 spiro atoms. The molecule has 33 heavy (non-hydrogen) atoms. The second kappa shape index (κ2) is 10.8. The van der Waals surface area contributed by atoms with E-state index < -0.39 is 0 Å². The van der Waals surface area contributed by atoms with E-state index in [1.54, 1.807) is 19.1 Å². The maximum Gasteiger partial charge on any atom is 0.225 e. The van der Waals surface area contributed by atoms with E-state index in [-0.39, 0.29) is 23.5 Å². The van der Waals surface area contributed by atoms with Crippen LogP contribution in [0.3, 0.4) is 0 Å². The minimum absolute atomic E-state index is 0.0688. The Morgan fingerprint density at radius 2 is 1.55 bits per heavy atom. The van der Waals surface area contributed by atoms with Crippen LogP contribution in [0.15, 0.2) is 48.5 Å². The Bertz CT molecular complexity index is 946. The van der Waals surface area contributed by atoms with Crippen molar-refractivity contribution in [3.8, 4) is 5.75 Å². The Morgan fingerprint density at radius 3 is 2.18 bits per heavy atom. The predicted molar refractivity (Wildman–Crippen MR) is 125 cm³/mol. The number of hydrogen-bond donors (Lipinski definition) is 0. The van der Waals surface area contributed by atoms with Gasteiger partial charge in [0.05, 0.1) is 0 Å². The van der Waals surface area contributed by atoms with Crippen LogP contribution in [0.4, 0.5) is 4.39 Å². The molecule has 0 unspecified atom stereocenters. The second-order valence-corrected chi connectivity index (χ2v) is 9.32. The van der Waals surface area contributed by atoms with Crippen molar-refractivity contribution in [3.63, 3.8) is 0 Å². The fourth-order valence-corrected chi connectivity index (χ4v) is 4.89. The molecule has 2 aromatic carbocycles. The summed E-state index contributed by atoms with van der Waals surface area (Å²) in [6.07, 6.45) is 4.65. The van der Waals surface area contributed by atoms with Crippen LogP contribution in [-0.2, 0) is 22.6 Å². The van der Waals surface area contributed by atoms with Gasteiger partial charge in [0.1, 0.15) is 18.2 Å². The third-order valence-corrected chi connectivity index (χ3v) is 6.96. The van der Waals surface area contributed by atoms with Crippen LogP contribution in [0.2, 0.25) is 0 Å². The number of carbonyl (C=O) groups excluding carboxylic acids is 2. The average Bonchev–Trinajstić information content (AvgIpc) is 2.84. The number of amides is 2. The first-order chi connectivity index (χ1) is 16.0. The summed E-state index contributed by atoms with van der Waals surface area (Å²) in [5.74, 6) is 1.27. The molecule has 2 heterocycles. The number of hydrogen-bond acceptors (Lipinski definition) is 3. The monoisotopic (exact) mass is 452 g/mol.